The second-order valence-electron chi connectivity index (χ2n) is 8.84. The average molecular weight is 497 g/mol. The van der Waals surface area contributed by atoms with Gasteiger partial charge in [-0.15, -0.1) is 0 Å². The van der Waals surface area contributed by atoms with Crippen molar-refractivity contribution in [2.45, 2.75) is 31.1 Å². The van der Waals surface area contributed by atoms with Gasteiger partial charge in [0.2, 0.25) is 0 Å². The molecule has 186 valence electrons. The van der Waals surface area contributed by atoms with Gasteiger partial charge in [-0.1, -0.05) is 18.2 Å². The molecule has 3 heterocycles. The van der Waals surface area contributed by atoms with Crippen molar-refractivity contribution in [2.24, 2.45) is 0 Å². The maximum Gasteiger partial charge on any atom is 0.471 e. The van der Waals surface area contributed by atoms with Crippen molar-refractivity contribution in [3.8, 4) is 11.3 Å². The molecule has 0 spiro atoms. The number of amides is 1. The number of anilines is 3. The van der Waals surface area contributed by atoms with Gasteiger partial charge in [-0.05, 0) is 37.1 Å². The summed E-state index contributed by atoms with van der Waals surface area (Å²) in [6.45, 7) is 0.349. The van der Waals surface area contributed by atoms with Gasteiger partial charge in [-0.2, -0.15) is 13.2 Å². The van der Waals surface area contributed by atoms with E-state index >= 15 is 0 Å². The number of hydrogen-bond acceptors (Lipinski definition) is 6. The van der Waals surface area contributed by atoms with Crippen LogP contribution < -0.4 is 15.1 Å². The number of carbonyl (C=O) groups excluding carboxylic acids is 1. The molecule has 3 aromatic rings. The Bertz CT molecular complexity index is 1330. The average Bonchev–Trinajstić information content (AvgIpc) is 2.97. The number of nitrogens with one attached hydrogen (secondary N) is 1. The zero-order valence-corrected chi connectivity index (χ0v) is 19.2. The largest absolute Gasteiger partial charge is 0.471 e. The minimum absolute atomic E-state index is 0.0613. The highest BCUT2D eigenvalue weighted by molar-refractivity contribution is 5.87. The number of benzene rings is 2. The lowest BCUT2D eigenvalue weighted by Gasteiger charge is -2.41. The van der Waals surface area contributed by atoms with Crippen LogP contribution in [0.5, 0.6) is 0 Å². The van der Waals surface area contributed by atoms with Gasteiger partial charge in [-0.25, -0.2) is 0 Å². The fourth-order valence-corrected chi connectivity index (χ4v) is 5.13. The number of carbonyl (C=O) groups is 1. The van der Waals surface area contributed by atoms with Crippen molar-refractivity contribution in [3.05, 3.63) is 76.5 Å². The summed E-state index contributed by atoms with van der Waals surface area (Å²) in [5.41, 5.74) is 4.38. The van der Waals surface area contributed by atoms with Crippen LogP contribution >= 0.6 is 0 Å². The van der Waals surface area contributed by atoms with E-state index in [0.717, 1.165) is 22.5 Å². The number of pyridine rings is 1. The minimum Gasteiger partial charge on any atom is -0.363 e. The highest BCUT2D eigenvalue weighted by atomic mass is 19.4. The lowest BCUT2D eigenvalue weighted by Crippen LogP contribution is -2.49. The number of alkyl halides is 3. The molecule has 2 unspecified atom stereocenters. The second kappa shape index (κ2) is 8.81. The predicted molar refractivity (Wildman–Crippen MR) is 128 cm³/mol. The molecule has 0 bridgehead atoms. The first-order valence-corrected chi connectivity index (χ1v) is 11.4. The number of nitro groups is 1. The van der Waals surface area contributed by atoms with Crippen LogP contribution in [-0.2, 0) is 4.79 Å². The number of non-ortho nitro benzene ring substituents is 1. The summed E-state index contributed by atoms with van der Waals surface area (Å²) in [4.78, 5) is 31.2. The molecular weight excluding hydrogens is 475 g/mol. The predicted octanol–water partition coefficient (Wildman–Crippen LogP) is 5.13. The van der Waals surface area contributed by atoms with Gasteiger partial charge in [0.25, 0.3) is 5.69 Å². The molecule has 2 aromatic carbocycles. The molecule has 0 radical (unpaired) electrons. The summed E-state index contributed by atoms with van der Waals surface area (Å²) < 4.78 is 39.0. The van der Waals surface area contributed by atoms with Gasteiger partial charge in [-0.3, -0.25) is 19.9 Å². The fourth-order valence-electron chi connectivity index (χ4n) is 5.13. The molecule has 36 heavy (non-hydrogen) atoms. The number of hydrogen-bond donors (Lipinski definition) is 1. The first kappa shape index (κ1) is 23.6. The SMILES string of the molecule is CN1c2cc([N+](=O)[O-])ccc2N2CCC(NC(=O)C(F)(F)F)CC2c2c(-c3ccccn3)cccc21. The molecule has 2 aliphatic heterocycles. The summed E-state index contributed by atoms with van der Waals surface area (Å²) in [7, 11) is 1.81. The topological polar surface area (TPSA) is 91.6 Å². The monoisotopic (exact) mass is 497 g/mol. The maximum absolute atomic E-state index is 13.0. The van der Waals surface area contributed by atoms with E-state index in [1.807, 2.05) is 42.3 Å². The molecule has 1 aromatic heterocycles. The smallest absolute Gasteiger partial charge is 0.363 e. The number of halogens is 3. The minimum atomic E-state index is -4.97. The summed E-state index contributed by atoms with van der Waals surface area (Å²) >= 11 is 0. The third-order valence-electron chi connectivity index (χ3n) is 6.75. The number of nitrogens with zero attached hydrogens (tertiary/aromatic N) is 4. The first-order valence-electron chi connectivity index (χ1n) is 11.4. The van der Waals surface area contributed by atoms with E-state index < -0.39 is 29.1 Å². The van der Waals surface area contributed by atoms with E-state index in [-0.39, 0.29) is 12.1 Å². The van der Waals surface area contributed by atoms with Gasteiger partial charge in [0.15, 0.2) is 0 Å². The molecule has 5 rings (SSSR count). The van der Waals surface area contributed by atoms with Gasteiger partial charge in [0, 0.05) is 54.8 Å². The van der Waals surface area contributed by atoms with Gasteiger partial charge < -0.3 is 15.1 Å². The Labute approximate surface area is 204 Å². The highest BCUT2D eigenvalue weighted by Gasteiger charge is 2.43. The van der Waals surface area contributed by atoms with E-state index in [4.69, 9.17) is 0 Å². The molecule has 2 atom stereocenters. The molecule has 1 N–H and O–H groups in total. The van der Waals surface area contributed by atoms with E-state index in [9.17, 15) is 28.1 Å². The fraction of sp³-hybridized carbons (Fsp3) is 0.280. The van der Waals surface area contributed by atoms with Crippen LogP contribution in [0.2, 0.25) is 0 Å². The van der Waals surface area contributed by atoms with E-state index in [1.165, 1.54) is 12.1 Å². The van der Waals surface area contributed by atoms with Crippen LogP contribution in [0.15, 0.2) is 60.8 Å². The molecule has 8 nitrogen and oxygen atoms in total. The Hall–Kier alpha value is -4.15. The van der Waals surface area contributed by atoms with E-state index in [0.29, 0.717) is 24.3 Å². The molecule has 0 aliphatic carbocycles. The van der Waals surface area contributed by atoms with Crippen LogP contribution in [0.3, 0.4) is 0 Å². The first-order chi connectivity index (χ1) is 17.1. The molecule has 0 saturated carbocycles. The third-order valence-corrected chi connectivity index (χ3v) is 6.75. The normalized spacial score (nSPS) is 19.0. The van der Waals surface area contributed by atoms with Gasteiger partial charge in [0.1, 0.15) is 0 Å². The van der Waals surface area contributed by atoms with Crippen LogP contribution in [0, 0.1) is 10.1 Å². The molecule has 1 fully saturated rings. The van der Waals surface area contributed by atoms with E-state index in [1.54, 1.807) is 18.3 Å². The van der Waals surface area contributed by atoms with Crippen molar-refractivity contribution in [1.82, 2.24) is 10.3 Å². The Balaban J connectivity index is 1.67. The summed E-state index contributed by atoms with van der Waals surface area (Å²) in [5, 5.41) is 13.7. The quantitative estimate of drug-likeness (QED) is 0.399. The summed E-state index contributed by atoms with van der Waals surface area (Å²) in [5.74, 6) is -1.96. The van der Waals surface area contributed by atoms with Crippen molar-refractivity contribution in [1.29, 1.82) is 0 Å². The molecule has 1 amide bonds. The molecule has 1 saturated heterocycles. The number of aromatic nitrogens is 1. The molecule has 2 aliphatic rings. The number of nitro benzene ring substituents is 1. The van der Waals surface area contributed by atoms with Gasteiger partial charge >= 0.3 is 12.1 Å². The zero-order valence-electron chi connectivity index (χ0n) is 19.2. The summed E-state index contributed by atoms with van der Waals surface area (Å²) in [6.07, 6.45) is -2.79. The Morgan fingerprint density at radius 3 is 2.61 bits per heavy atom. The third kappa shape index (κ3) is 4.10. The van der Waals surface area contributed by atoms with Crippen LogP contribution in [0.4, 0.5) is 35.9 Å². The highest BCUT2D eigenvalue weighted by Crippen LogP contribution is 2.51. The van der Waals surface area contributed by atoms with Crippen molar-refractivity contribution < 1.29 is 22.9 Å². The van der Waals surface area contributed by atoms with E-state index in [2.05, 4.69) is 15.2 Å². The van der Waals surface area contributed by atoms with Crippen LogP contribution in [0.25, 0.3) is 11.3 Å². The number of fused-ring (bicyclic) bond motifs is 5. The Morgan fingerprint density at radius 2 is 1.92 bits per heavy atom. The lowest BCUT2D eigenvalue weighted by atomic mass is 9.87. The van der Waals surface area contributed by atoms with Crippen LogP contribution in [-0.4, -0.2) is 41.6 Å². The number of rotatable bonds is 3. The van der Waals surface area contributed by atoms with Crippen molar-refractivity contribution in [3.63, 3.8) is 0 Å². The Morgan fingerprint density at radius 1 is 1.11 bits per heavy atom. The van der Waals surface area contributed by atoms with Crippen molar-refractivity contribution in [2.75, 3.05) is 23.4 Å². The lowest BCUT2D eigenvalue weighted by molar-refractivity contribution is -0.384. The maximum atomic E-state index is 13.0. The zero-order chi connectivity index (χ0) is 25.6. The molecular formula is C25H22F3N5O3. The second-order valence-corrected chi connectivity index (χ2v) is 8.84. The standard InChI is InChI=1S/C25H22F3N5O3/c1-31-20-7-4-5-17(18-6-2-3-11-29-18)23(20)22-13-15(30-24(34)25(26,27)28)10-12-32(22)19-9-8-16(33(35)36)14-21(19)31/h2-9,11,14-15,22H,10,12-13H2,1H3,(H,30,34). The summed E-state index contributed by atoms with van der Waals surface area (Å²) in [6, 6.07) is 14.7. The van der Waals surface area contributed by atoms with Crippen LogP contribution in [0.1, 0.15) is 24.4 Å². The number of piperidine rings is 1. The molecule has 11 heteroatoms. The Kier molecular flexibility index (Phi) is 5.77. The van der Waals surface area contributed by atoms with Crippen molar-refractivity contribution >= 4 is 28.7 Å². The van der Waals surface area contributed by atoms with Gasteiger partial charge in [0.05, 0.1) is 28.0 Å².